The van der Waals surface area contributed by atoms with Crippen molar-refractivity contribution in [1.29, 1.82) is 0 Å². The molecule has 0 spiro atoms. The van der Waals surface area contributed by atoms with Crippen molar-refractivity contribution in [2.24, 2.45) is 5.92 Å². The normalized spacial score (nSPS) is 19.6. The van der Waals surface area contributed by atoms with Crippen LogP contribution in [0, 0.1) is 5.92 Å². The number of piperidine rings is 3. The third kappa shape index (κ3) is 7.49. The van der Waals surface area contributed by atoms with Crippen molar-refractivity contribution in [3.05, 3.63) is 65.8 Å². The van der Waals surface area contributed by atoms with Gasteiger partial charge in [-0.2, -0.15) is 0 Å². The fraction of sp³-hybridized carbons (Fsp3) is 0.500. The van der Waals surface area contributed by atoms with Crippen LogP contribution in [0.5, 0.6) is 0 Å². The van der Waals surface area contributed by atoms with E-state index in [0.29, 0.717) is 17.5 Å². The van der Waals surface area contributed by atoms with Crippen molar-refractivity contribution >= 4 is 23.5 Å². The topological polar surface area (TPSA) is 64.6 Å². The highest BCUT2D eigenvalue weighted by Crippen LogP contribution is 2.30. The molecule has 3 aromatic rings. The zero-order valence-electron chi connectivity index (χ0n) is 24.6. The molecule has 0 aliphatic carbocycles. The zero-order chi connectivity index (χ0) is 28.7. The van der Waals surface area contributed by atoms with E-state index in [4.69, 9.17) is 16.6 Å². The molecule has 1 N–H and O–H groups in total. The summed E-state index contributed by atoms with van der Waals surface area (Å²) in [5.74, 6) is 1.64. The number of nitrogens with one attached hydrogen (secondary N) is 1. The zero-order valence-corrected chi connectivity index (χ0v) is 25.3. The molecule has 4 heterocycles. The van der Waals surface area contributed by atoms with Crippen molar-refractivity contribution in [2.75, 3.05) is 57.7 Å². The minimum Gasteiger partial charge on any atom is -0.351 e. The van der Waals surface area contributed by atoms with Crippen molar-refractivity contribution in [1.82, 2.24) is 24.7 Å². The number of aromatic nitrogens is 2. The smallest absolute Gasteiger partial charge is 0.236 e. The lowest BCUT2D eigenvalue weighted by Gasteiger charge is -2.37. The second-order valence-corrected chi connectivity index (χ2v) is 12.6. The number of benzene rings is 2. The summed E-state index contributed by atoms with van der Waals surface area (Å²) in [6.45, 7) is 7.98. The van der Waals surface area contributed by atoms with E-state index < -0.39 is 0 Å². The van der Waals surface area contributed by atoms with Crippen molar-refractivity contribution in [3.63, 3.8) is 0 Å². The number of rotatable bonds is 8. The quantitative estimate of drug-likeness (QED) is 0.346. The molecule has 3 aliphatic heterocycles. The molecule has 0 unspecified atom stereocenters. The van der Waals surface area contributed by atoms with Crippen LogP contribution in [0.25, 0.3) is 22.4 Å². The summed E-state index contributed by atoms with van der Waals surface area (Å²) >= 11 is 6.55. The molecular weight excluding hydrogens is 544 g/mol. The van der Waals surface area contributed by atoms with Crippen LogP contribution < -0.4 is 5.32 Å². The van der Waals surface area contributed by atoms with Crippen LogP contribution in [0.1, 0.15) is 44.9 Å². The first-order chi connectivity index (χ1) is 20.6. The molecule has 1 amide bonds. The Morgan fingerprint density at radius 3 is 2.29 bits per heavy atom. The van der Waals surface area contributed by atoms with E-state index in [1.54, 1.807) is 6.20 Å². The Labute approximate surface area is 255 Å². The number of nitrogens with zero attached hydrogens (tertiary/aromatic N) is 5. The molecule has 0 bridgehead atoms. The Kier molecular flexibility index (Phi) is 9.68. The maximum absolute atomic E-state index is 13.1. The summed E-state index contributed by atoms with van der Waals surface area (Å²) in [4.78, 5) is 29.5. The Hall–Kier alpha value is -3.00. The first-order valence-electron chi connectivity index (χ1n) is 15.8. The van der Waals surface area contributed by atoms with Crippen LogP contribution in [0.2, 0.25) is 5.02 Å². The number of hydrogen-bond donors (Lipinski definition) is 1. The Morgan fingerprint density at radius 2 is 1.52 bits per heavy atom. The van der Waals surface area contributed by atoms with Crippen molar-refractivity contribution in [3.8, 4) is 22.4 Å². The van der Waals surface area contributed by atoms with E-state index in [0.717, 1.165) is 67.3 Å². The lowest BCUT2D eigenvalue weighted by Crippen LogP contribution is -2.48. The van der Waals surface area contributed by atoms with Crippen LogP contribution in [-0.2, 0) is 4.79 Å². The van der Waals surface area contributed by atoms with E-state index in [1.165, 1.54) is 51.7 Å². The highest BCUT2D eigenvalue weighted by molar-refractivity contribution is 6.32. The van der Waals surface area contributed by atoms with E-state index in [-0.39, 0.29) is 11.9 Å². The summed E-state index contributed by atoms with van der Waals surface area (Å²) < 4.78 is 0. The van der Waals surface area contributed by atoms with Gasteiger partial charge in [0.2, 0.25) is 11.9 Å². The number of carbonyl (C=O) groups is 1. The van der Waals surface area contributed by atoms with Crippen LogP contribution >= 0.6 is 11.6 Å². The average Bonchev–Trinajstić information content (AvgIpc) is 3.04. The first kappa shape index (κ1) is 29.1. The molecular formula is C34H43ClN6O. The van der Waals surface area contributed by atoms with Gasteiger partial charge in [0.25, 0.3) is 0 Å². The fourth-order valence-corrected chi connectivity index (χ4v) is 6.90. The number of likely N-dealkylation sites (tertiary alicyclic amines) is 3. The number of carbonyl (C=O) groups excluding carboxylic acids is 1. The molecule has 8 heteroatoms. The second-order valence-electron chi connectivity index (χ2n) is 12.2. The number of anilines is 1. The molecule has 2 aromatic carbocycles. The predicted octanol–water partition coefficient (Wildman–Crippen LogP) is 6.06. The van der Waals surface area contributed by atoms with Gasteiger partial charge in [0.15, 0.2) is 0 Å². The minimum atomic E-state index is 0.226. The van der Waals surface area contributed by atoms with Gasteiger partial charge in [0.05, 0.1) is 23.5 Å². The molecule has 0 atom stereocenters. The lowest BCUT2D eigenvalue weighted by atomic mass is 9.95. The van der Waals surface area contributed by atoms with Gasteiger partial charge < -0.3 is 15.1 Å². The molecule has 42 heavy (non-hydrogen) atoms. The number of halogens is 1. The fourth-order valence-electron chi connectivity index (χ4n) is 6.70. The van der Waals surface area contributed by atoms with Crippen LogP contribution in [0.3, 0.4) is 0 Å². The number of hydrogen-bond acceptors (Lipinski definition) is 6. The van der Waals surface area contributed by atoms with Crippen molar-refractivity contribution in [2.45, 2.75) is 51.0 Å². The van der Waals surface area contributed by atoms with Gasteiger partial charge in [-0.05, 0) is 87.8 Å². The van der Waals surface area contributed by atoms with E-state index in [9.17, 15) is 4.79 Å². The van der Waals surface area contributed by atoms with Gasteiger partial charge in [-0.15, -0.1) is 0 Å². The summed E-state index contributed by atoms with van der Waals surface area (Å²) in [5, 5.41) is 4.04. The summed E-state index contributed by atoms with van der Waals surface area (Å²) in [6.07, 6.45) is 9.99. The second kappa shape index (κ2) is 14.0. The maximum Gasteiger partial charge on any atom is 0.236 e. The highest BCUT2D eigenvalue weighted by Gasteiger charge is 2.27. The summed E-state index contributed by atoms with van der Waals surface area (Å²) in [7, 11) is 0. The third-order valence-electron chi connectivity index (χ3n) is 9.20. The van der Waals surface area contributed by atoms with Gasteiger partial charge in [-0.25, -0.2) is 9.97 Å². The van der Waals surface area contributed by atoms with Crippen molar-refractivity contribution < 1.29 is 4.79 Å². The molecule has 6 rings (SSSR count). The Morgan fingerprint density at radius 1 is 0.810 bits per heavy atom. The third-order valence-corrected chi connectivity index (χ3v) is 9.48. The lowest BCUT2D eigenvalue weighted by molar-refractivity contribution is -0.133. The molecule has 7 nitrogen and oxygen atoms in total. The Bertz CT molecular complexity index is 1310. The molecule has 0 saturated carbocycles. The van der Waals surface area contributed by atoms with E-state index >= 15 is 0 Å². The van der Waals surface area contributed by atoms with Gasteiger partial charge in [-0.3, -0.25) is 9.69 Å². The molecule has 0 radical (unpaired) electrons. The van der Waals surface area contributed by atoms with Gasteiger partial charge in [-0.1, -0.05) is 66.6 Å². The standard InChI is InChI=1S/C34H43ClN6O/c35-31-23-36-34(38-33(31)29-11-7-10-28(22-29)27-8-3-1-4-9-27)37-30-14-20-41(21-15-30)32(42)25-40-18-12-26(13-19-40)24-39-16-5-2-6-17-39/h1,3-4,7-11,22-23,26,30H,2,5-6,12-21,24-25H2,(H,36,37,38). The minimum absolute atomic E-state index is 0.226. The first-order valence-corrected chi connectivity index (χ1v) is 16.2. The average molecular weight is 587 g/mol. The van der Waals surface area contributed by atoms with Crippen LogP contribution in [0.15, 0.2) is 60.8 Å². The van der Waals surface area contributed by atoms with E-state index in [1.807, 2.05) is 35.2 Å². The monoisotopic (exact) mass is 586 g/mol. The number of amides is 1. The van der Waals surface area contributed by atoms with E-state index in [2.05, 4.69) is 44.4 Å². The van der Waals surface area contributed by atoms with Gasteiger partial charge in [0, 0.05) is 31.2 Å². The SMILES string of the molecule is O=C(CN1CCC(CN2CCCCC2)CC1)N1CCC(Nc2ncc(Cl)c(-c3cccc(-c4ccccc4)c3)n2)CC1. The summed E-state index contributed by atoms with van der Waals surface area (Å²) in [6, 6.07) is 18.8. The molecule has 3 aliphatic rings. The van der Waals surface area contributed by atoms with Gasteiger partial charge >= 0.3 is 0 Å². The van der Waals surface area contributed by atoms with Crippen LogP contribution in [0.4, 0.5) is 5.95 Å². The molecule has 1 aromatic heterocycles. The summed E-state index contributed by atoms with van der Waals surface area (Å²) in [5.41, 5.74) is 3.96. The molecule has 3 fully saturated rings. The molecule has 222 valence electrons. The van der Waals surface area contributed by atoms with Crippen LogP contribution in [-0.4, -0.2) is 89.0 Å². The van der Waals surface area contributed by atoms with Gasteiger partial charge in [0.1, 0.15) is 0 Å². The molecule has 3 saturated heterocycles. The predicted molar refractivity (Wildman–Crippen MR) is 171 cm³/mol. The Balaban J connectivity index is 0.977. The largest absolute Gasteiger partial charge is 0.351 e. The highest BCUT2D eigenvalue weighted by atomic mass is 35.5. The maximum atomic E-state index is 13.1.